The molecule has 0 spiro atoms. The standard InChI is InChI=1S/C16H16N2O4S/c19-15(18-6-7-22-9-13(18)16(20)21)12-10-23-14(17-12)8-11-4-2-1-3-5-11/h1-5,10,13H,6-9H2,(H,20,21). The summed E-state index contributed by atoms with van der Waals surface area (Å²) in [6.45, 7) is 0.625. The summed E-state index contributed by atoms with van der Waals surface area (Å²) in [7, 11) is 0. The molecule has 1 N–H and O–H groups in total. The van der Waals surface area contributed by atoms with Crippen molar-refractivity contribution < 1.29 is 19.4 Å². The first-order chi connectivity index (χ1) is 11.1. The lowest BCUT2D eigenvalue weighted by molar-refractivity contribution is -0.147. The first-order valence-electron chi connectivity index (χ1n) is 7.25. The van der Waals surface area contributed by atoms with Crippen LogP contribution in [0.1, 0.15) is 21.1 Å². The number of benzene rings is 1. The van der Waals surface area contributed by atoms with Gasteiger partial charge in [0.2, 0.25) is 0 Å². The van der Waals surface area contributed by atoms with E-state index in [2.05, 4.69) is 4.98 Å². The van der Waals surface area contributed by atoms with E-state index in [1.165, 1.54) is 16.2 Å². The van der Waals surface area contributed by atoms with Crippen LogP contribution < -0.4 is 0 Å². The third-order valence-electron chi connectivity index (χ3n) is 3.64. The number of carbonyl (C=O) groups excluding carboxylic acids is 1. The molecule has 0 radical (unpaired) electrons. The highest BCUT2D eigenvalue weighted by Gasteiger charge is 2.34. The molecule has 23 heavy (non-hydrogen) atoms. The Morgan fingerprint density at radius 2 is 2.13 bits per heavy atom. The van der Waals surface area contributed by atoms with Crippen LogP contribution in [-0.4, -0.2) is 52.7 Å². The van der Waals surface area contributed by atoms with E-state index in [0.29, 0.717) is 18.7 Å². The molecule has 1 unspecified atom stereocenters. The van der Waals surface area contributed by atoms with Gasteiger partial charge in [0.05, 0.1) is 18.2 Å². The van der Waals surface area contributed by atoms with Crippen LogP contribution in [0.5, 0.6) is 0 Å². The summed E-state index contributed by atoms with van der Waals surface area (Å²) < 4.78 is 5.15. The quantitative estimate of drug-likeness (QED) is 0.921. The molecule has 120 valence electrons. The molecule has 2 heterocycles. The predicted molar refractivity (Wildman–Crippen MR) is 84.6 cm³/mol. The van der Waals surface area contributed by atoms with Crippen molar-refractivity contribution in [2.75, 3.05) is 19.8 Å². The molecule has 3 rings (SSSR count). The molecule has 1 fully saturated rings. The number of hydrogen-bond acceptors (Lipinski definition) is 5. The lowest BCUT2D eigenvalue weighted by Gasteiger charge is -2.32. The minimum atomic E-state index is -1.06. The number of amides is 1. The van der Waals surface area contributed by atoms with Crippen molar-refractivity contribution in [2.45, 2.75) is 12.5 Å². The van der Waals surface area contributed by atoms with E-state index in [4.69, 9.17) is 4.74 Å². The Bertz CT molecular complexity index is 701. The first kappa shape index (κ1) is 15.6. The first-order valence-corrected chi connectivity index (χ1v) is 8.13. The van der Waals surface area contributed by atoms with Crippen molar-refractivity contribution in [1.82, 2.24) is 9.88 Å². The summed E-state index contributed by atoms with van der Waals surface area (Å²) in [4.78, 5) is 29.5. The molecule has 7 heteroatoms. The molecule has 0 saturated carbocycles. The Morgan fingerprint density at radius 1 is 1.35 bits per heavy atom. The van der Waals surface area contributed by atoms with E-state index < -0.39 is 12.0 Å². The smallest absolute Gasteiger partial charge is 0.328 e. The molecular weight excluding hydrogens is 316 g/mol. The van der Waals surface area contributed by atoms with Gasteiger partial charge in [0, 0.05) is 18.3 Å². The number of ether oxygens (including phenoxy) is 1. The fraction of sp³-hybridized carbons (Fsp3) is 0.312. The van der Waals surface area contributed by atoms with Gasteiger partial charge in [0.1, 0.15) is 5.69 Å². The minimum Gasteiger partial charge on any atom is -0.480 e. The van der Waals surface area contributed by atoms with Gasteiger partial charge in [-0.05, 0) is 5.56 Å². The second-order valence-electron chi connectivity index (χ2n) is 5.22. The predicted octanol–water partition coefficient (Wildman–Crippen LogP) is 1.66. The van der Waals surface area contributed by atoms with E-state index >= 15 is 0 Å². The van der Waals surface area contributed by atoms with Crippen LogP contribution in [0.25, 0.3) is 0 Å². The fourth-order valence-corrected chi connectivity index (χ4v) is 3.26. The Kier molecular flexibility index (Phi) is 4.68. The summed E-state index contributed by atoms with van der Waals surface area (Å²) in [5.74, 6) is -1.41. The molecule has 1 atom stereocenters. The Labute approximate surface area is 137 Å². The highest BCUT2D eigenvalue weighted by atomic mass is 32.1. The summed E-state index contributed by atoms with van der Waals surface area (Å²) in [5, 5.41) is 11.7. The molecule has 1 aromatic carbocycles. The van der Waals surface area contributed by atoms with Crippen molar-refractivity contribution in [3.8, 4) is 0 Å². The number of morpholine rings is 1. The Morgan fingerprint density at radius 3 is 2.87 bits per heavy atom. The zero-order chi connectivity index (χ0) is 16.2. The lowest BCUT2D eigenvalue weighted by Crippen LogP contribution is -2.52. The average molecular weight is 332 g/mol. The number of nitrogens with zero attached hydrogens (tertiary/aromatic N) is 2. The van der Waals surface area contributed by atoms with E-state index in [1.807, 2.05) is 30.3 Å². The molecule has 2 aromatic rings. The van der Waals surface area contributed by atoms with Crippen LogP contribution in [0, 0.1) is 0 Å². The second-order valence-corrected chi connectivity index (χ2v) is 6.16. The zero-order valence-electron chi connectivity index (χ0n) is 12.3. The van der Waals surface area contributed by atoms with Gasteiger partial charge in [-0.1, -0.05) is 30.3 Å². The van der Waals surface area contributed by atoms with Crippen molar-refractivity contribution in [3.63, 3.8) is 0 Å². The van der Waals surface area contributed by atoms with E-state index in [0.717, 1.165) is 10.6 Å². The van der Waals surface area contributed by atoms with Gasteiger partial charge in [-0.25, -0.2) is 9.78 Å². The maximum atomic E-state index is 12.5. The van der Waals surface area contributed by atoms with Gasteiger partial charge in [-0.3, -0.25) is 4.79 Å². The summed E-state index contributed by atoms with van der Waals surface area (Å²) in [6, 6.07) is 8.93. The largest absolute Gasteiger partial charge is 0.480 e. The van der Waals surface area contributed by atoms with E-state index in [-0.39, 0.29) is 19.1 Å². The molecule has 1 aliphatic rings. The Balaban J connectivity index is 1.74. The SMILES string of the molecule is O=C(O)C1COCCN1C(=O)c1csc(Cc2ccccc2)n1. The zero-order valence-corrected chi connectivity index (χ0v) is 13.2. The normalized spacial score (nSPS) is 17.9. The van der Waals surface area contributed by atoms with Gasteiger partial charge in [-0.2, -0.15) is 0 Å². The van der Waals surface area contributed by atoms with Crippen LogP contribution in [0.3, 0.4) is 0 Å². The van der Waals surface area contributed by atoms with Crippen LogP contribution in [0.4, 0.5) is 0 Å². The number of carboxylic acids is 1. The number of aliphatic carboxylic acids is 1. The number of aromatic nitrogens is 1. The topological polar surface area (TPSA) is 79.7 Å². The number of carbonyl (C=O) groups is 2. The minimum absolute atomic E-state index is 0.0160. The van der Waals surface area contributed by atoms with Gasteiger partial charge < -0.3 is 14.7 Å². The van der Waals surface area contributed by atoms with Crippen molar-refractivity contribution >= 4 is 23.2 Å². The van der Waals surface area contributed by atoms with Crippen LogP contribution in [0.2, 0.25) is 0 Å². The van der Waals surface area contributed by atoms with Crippen LogP contribution in [-0.2, 0) is 16.0 Å². The maximum Gasteiger partial charge on any atom is 0.328 e. The third kappa shape index (κ3) is 3.57. The highest BCUT2D eigenvalue weighted by Crippen LogP contribution is 2.18. The van der Waals surface area contributed by atoms with Gasteiger partial charge in [0.25, 0.3) is 5.91 Å². The summed E-state index contributed by atoms with van der Waals surface area (Å²) >= 11 is 1.41. The van der Waals surface area contributed by atoms with E-state index in [9.17, 15) is 14.7 Å². The van der Waals surface area contributed by atoms with Gasteiger partial charge in [0.15, 0.2) is 6.04 Å². The molecule has 0 aliphatic carbocycles. The van der Waals surface area contributed by atoms with Crippen molar-refractivity contribution in [2.24, 2.45) is 0 Å². The molecule has 0 bridgehead atoms. The molecule has 1 aliphatic heterocycles. The molecule has 1 saturated heterocycles. The second kappa shape index (κ2) is 6.89. The van der Waals surface area contributed by atoms with Crippen LogP contribution >= 0.6 is 11.3 Å². The number of hydrogen-bond donors (Lipinski definition) is 1. The van der Waals surface area contributed by atoms with E-state index in [1.54, 1.807) is 5.38 Å². The maximum absolute atomic E-state index is 12.5. The molecule has 1 amide bonds. The van der Waals surface area contributed by atoms with Gasteiger partial charge >= 0.3 is 5.97 Å². The summed E-state index contributed by atoms with van der Waals surface area (Å²) in [6.07, 6.45) is 0.657. The lowest BCUT2D eigenvalue weighted by atomic mass is 10.2. The third-order valence-corrected chi connectivity index (χ3v) is 4.49. The molecule has 6 nitrogen and oxygen atoms in total. The number of thiazole rings is 1. The monoisotopic (exact) mass is 332 g/mol. The summed E-state index contributed by atoms with van der Waals surface area (Å²) in [5.41, 5.74) is 1.42. The fourth-order valence-electron chi connectivity index (χ4n) is 2.46. The molecular formula is C16H16N2O4S. The van der Waals surface area contributed by atoms with Crippen LogP contribution in [0.15, 0.2) is 35.7 Å². The highest BCUT2D eigenvalue weighted by molar-refractivity contribution is 7.09. The number of carboxylic acid groups (broad SMARTS) is 1. The Hall–Kier alpha value is -2.25. The van der Waals surface area contributed by atoms with Crippen molar-refractivity contribution in [3.05, 3.63) is 52.0 Å². The average Bonchev–Trinajstić information content (AvgIpc) is 3.03. The molecule has 1 aromatic heterocycles. The number of rotatable bonds is 4. The van der Waals surface area contributed by atoms with Crippen molar-refractivity contribution in [1.29, 1.82) is 0 Å². The van der Waals surface area contributed by atoms with Gasteiger partial charge in [-0.15, -0.1) is 11.3 Å².